The van der Waals surface area contributed by atoms with Crippen LogP contribution in [-0.2, 0) is 9.68 Å². The molecule has 0 aliphatic carbocycles. The maximum Gasteiger partial charge on any atom is 0.146 e. The first-order valence-corrected chi connectivity index (χ1v) is 4.99. The Morgan fingerprint density at radius 2 is 1.79 bits per heavy atom. The van der Waals surface area contributed by atoms with Gasteiger partial charge in [0, 0.05) is 1.43 Å². The predicted molar refractivity (Wildman–Crippen MR) is 61.2 cm³/mol. The molecule has 0 aliphatic heterocycles. The fourth-order valence-electron chi connectivity index (χ4n) is 0.469. The van der Waals surface area contributed by atoms with Crippen LogP contribution in [0.5, 0.6) is 0 Å². The van der Waals surface area contributed by atoms with Gasteiger partial charge in [-0.3, -0.25) is 10.1 Å². The lowest BCUT2D eigenvalue weighted by molar-refractivity contribution is -0.237. The maximum absolute atomic E-state index is 10.5. The summed E-state index contributed by atoms with van der Waals surface area (Å²) in [5.41, 5.74) is 5.41. The van der Waals surface area contributed by atoms with E-state index in [2.05, 4.69) is 4.89 Å². The van der Waals surface area contributed by atoms with Gasteiger partial charge in [0.2, 0.25) is 0 Å². The molecule has 0 spiro atoms. The molecule has 0 amide bonds. The van der Waals surface area contributed by atoms with Crippen LogP contribution in [0.1, 0.15) is 43.0 Å². The Bertz CT molecular complexity index is 119. The number of carbonyl (C=O) groups is 1. The lowest BCUT2D eigenvalue weighted by Gasteiger charge is -2.09. The third-order valence-electron chi connectivity index (χ3n) is 1.32. The molecule has 4 nitrogen and oxygen atoms in total. The molecule has 0 aromatic heterocycles. The monoisotopic (exact) mass is 209 g/mol. The Morgan fingerprint density at radius 1 is 1.50 bits per heavy atom. The second-order valence-corrected chi connectivity index (χ2v) is 2.80. The summed E-state index contributed by atoms with van der Waals surface area (Å²) < 4.78 is 0. The molecule has 1 atom stereocenters. The molecule has 3 N–H and O–H groups in total. The summed E-state index contributed by atoms with van der Waals surface area (Å²) in [7, 11) is 0. The molecule has 0 aromatic rings. The van der Waals surface area contributed by atoms with E-state index in [1.54, 1.807) is 6.92 Å². The van der Waals surface area contributed by atoms with Crippen molar-refractivity contribution in [2.45, 2.75) is 47.6 Å². The van der Waals surface area contributed by atoms with E-state index in [4.69, 9.17) is 11.0 Å². The van der Waals surface area contributed by atoms with Gasteiger partial charge in [0.25, 0.3) is 0 Å². The molecule has 0 saturated carbocycles. The van der Waals surface area contributed by atoms with Crippen molar-refractivity contribution < 1.29 is 16.4 Å². The number of nitrogens with two attached hydrogens (primary N) is 1. The Balaban J connectivity index is -0.0000000742. The molecule has 0 bridgehead atoms. The van der Waals surface area contributed by atoms with Crippen LogP contribution in [0.4, 0.5) is 0 Å². The van der Waals surface area contributed by atoms with Crippen molar-refractivity contribution in [1.29, 1.82) is 0 Å². The van der Waals surface area contributed by atoms with Crippen LogP contribution in [-0.4, -0.2) is 23.7 Å². The van der Waals surface area contributed by atoms with E-state index in [0.717, 1.165) is 0 Å². The molecule has 0 saturated heterocycles. The second-order valence-electron chi connectivity index (χ2n) is 2.80. The third-order valence-corrected chi connectivity index (χ3v) is 1.32. The van der Waals surface area contributed by atoms with Crippen LogP contribution in [0, 0.1) is 5.92 Å². The highest BCUT2D eigenvalue weighted by atomic mass is 17.1. The first kappa shape index (κ1) is 19.2. The van der Waals surface area contributed by atoms with Crippen LogP contribution < -0.4 is 5.73 Å². The second kappa shape index (κ2) is 15.0. The van der Waals surface area contributed by atoms with Gasteiger partial charge in [0.15, 0.2) is 0 Å². The van der Waals surface area contributed by atoms with Gasteiger partial charge in [-0.2, -0.15) is 0 Å². The fourth-order valence-corrected chi connectivity index (χ4v) is 0.469. The minimum absolute atomic E-state index is 0. The molecule has 90 valence electrons. The zero-order valence-corrected chi connectivity index (χ0v) is 10.2. The molecule has 0 aliphatic rings. The summed E-state index contributed by atoms with van der Waals surface area (Å²) in [5.74, 6) is 0.340. The highest BCUT2D eigenvalue weighted by Gasteiger charge is 2.10. The van der Waals surface area contributed by atoms with Crippen molar-refractivity contribution in [2.24, 2.45) is 11.7 Å². The molecule has 14 heavy (non-hydrogen) atoms. The quantitative estimate of drug-likeness (QED) is 0.552. The zero-order valence-electron chi connectivity index (χ0n) is 10.2. The number of hydrogen-bond acceptors (Lipinski definition) is 4. The first-order valence-electron chi connectivity index (χ1n) is 4.99. The first-order chi connectivity index (χ1) is 6.47. The Kier molecular flexibility index (Phi) is 20.6. The number of Topliss-reactive ketones (excluding diaryl/α,β-unsaturated/α-hetero) is 1. The summed E-state index contributed by atoms with van der Waals surface area (Å²) in [6.07, 6.45) is 0. The molecule has 0 aromatic carbocycles. The SMILES string of the molecule is CC.CC(=O)C(N)C(C)C.CCOO.[HH]. The predicted octanol–water partition coefficient (Wildman–Crippen LogP) is 2.33. The van der Waals surface area contributed by atoms with Crippen LogP contribution in [0.15, 0.2) is 0 Å². The molecular formula is C10H27NO3. The summed E-state index contributed by atoms with van der Waals surface area (Å²) >= 11 is 0. The van der Waals surface area contributed by atoms with Gasteiger partial charge in [-0.25, -0.2) is 4.89 Å². The van der Waals surface area contributed by atoms with Gasteiger partial charge in [0.05, 0.1) is 12.6 Å². The van der Waals surface area contributed by atoms with E-state index >= 15 is 0 Å². The van der Waals surface area contributed by atoms with Crippen LogP contribution in [0.3, 0.4) is 0 Å². The lowest BCUT2D eigenvalue weighted by atomic mass is 10.0. The minimum atomic E-state index is -0.269. The van der Waals surface area contributed by atoms with E-state index in [-0.39, 0.29) is 19.2 Å². The van der Waals surface area contributed by atoms with Crippen molar-refractivity contribution in [3.8, 4) is 0 Å². The Morgan fingerprint density at radius 3 is 1.79 bits per heavy atom. The fraction of sp³-hybridized carbons (Fsp3) is 0.900. The standard InChI is InChI=1S/C6H13NO.C2H6O2.C2H6.H2/c1-4(2)6(7)5(3)8;1-2-4-3;1-2;/h4,6H,7H2,1-3H3;3H,2H2,1H3;1-2H3;1H. The van der Waals surface area contributed by atoms with Crippen molar-refractivity contribution in [1.82, 2.24) is 0 Å². The third kappa shape index (κ3) is 17.6. The number of rotatable bonds is 3. The summed E-state index contributed by atoms with van der Waals surface area (Å²) in [5, 5.41) is 7.38. The van der Waals surface area contributed by atoms with E-state index in [0.29, 0.717) is 6.61 Å². The molecule has 0 fully saturated rings. The van der Waals surface area contributed by atoms with E-state index in [9.17, 15) is 4.79 Å². The summed E-state index contributed by atoms with van der Waals surface area (Å²) in [4.78, 5) is 14.0. The van der Waals surface area contributed by atoms with Gasteiger partial charge in [-0.1, -0.05) is 27.7 Å². The van der Waals surface area contributed by atoms with Gasteiger partial charge in [0.1, 0.15) is 5.78 Å². The summed E-state index contributed by atoms with van der Waals surface area (Å²) in [6, 6.07) is -0.269. The molecule has 1 unspecified atom stereocenters. The highest BCUT2D eigenvalue weighted by molar-refractivity contribution is 5.81. The number of carbonyl (C=O) groups excluding carboxylic acids is 1. The van der Waals surface area contributed by atoms with Gasteiger partial charge < -0.3 is 5.73 Å². The van der Waals surface area contributed by atoms with Crippen molar-refractivity contribution in [2.75, 3.05) is 6.61 Å². The maximum atomic E-state index is 10.5. The highest BCUT2D eigenvalue weighted by Crippen LogP contribution is 1.97. The normalized spacial score (nSPS) is 10.6. The minimum Gasteiger partial charge on any atom is -0.321 e. The molecule has 0 radical (unpaired) electrons. The molecule has 0 rings (SSSR count). The van der Waals surface area contributed by atoms with Crippen molar-refractivity contribution >= 4 is 5.78 Å². The van der Waals surface area contributed by atoms with Crippen molar-refractivity contribution in [3.63, 3.8) is 0 Å². The average molecular weight is 209 g/mol. The topological polar surface area (TPSA) is 72.6 Å². The average Bonchev–Trinajstić information content (AvgIpc) is 2.19. The van der Waals surface area contributed by atoms with E-state index < -0.39 is 0 Å². The number of ketones is 1. The molecule has 0 heterocycles. The van der Waals surface area contributed by atoms with Gasteiger partial charge in [-0.15, -0.1) is 0 Å². The van der Waals surface area contributed by atoms with Gasteiger partial charge in [-0.05, 0) is 19.8 Å². The molecule has 4 heteroatoms. The van der Waals surface area contributed by atoms with Crippen LogP contribution in [0.25, 0.3) is 0 Å². The summed E-state index contributed by atoms with van der Waals surface area (Å²) in [6.45, 7) is 11.5. The molecular weight excluding hydrogens is 182 g/mol. The van der Waals surface area contributed by atoms with Crippen LogP contribution >= 0.6 is 0 Å². The van der Waals surface area contributed by atoms with Crippen LogP contribution in [0.2, 0.25) is 0 Å². The van der Waals surface area contributed by atoms with E-state index in [1.807, 2.05) is 27.7 Å². The van der Waals surface area contributed by atoms with Gasteiger partial charge >= 0.3 is 0 Å². The lowest BCUT2D eigenvalue weighted by Crippen LogP contribution is -2.33. The van der Waals surface area contributed by atoms with E-state index in [1.165, 1.54) is 6.92 Å². The number of hydrogen-bond donors (Lipinski definition) is 2. The zero-order chi connectivity index (χ0) is 12.1. The Hall–Kier alpha value is -0.450. The Labute approximate surface area is 88.9 Å². The largest absolute Gasteiger partial charge is 0.321 e. The van der Waals surface area contributed by atoms with Crippen molar-refractivity contribution in [3.05, 3.63) is 0 Å². The smallest absolute Gasteiger partial charge is 0.146 e.